The molecular formula is C24H29N9. The first-order chi connectivity index (χ1) is 16.1. The number of nitrogens with zero attached hydrogens (tertiary/aromatic N) is 7. The summed E-state index contributed by atoms with van der Waals surface area (Å²) >= 11 is 0. The fourth-order valence-electron chi connectivity index (χ4n) is 5.54. The molecule has 1 aromatic carbocycles. The predicted octanol–water partition coefficient (Wildman–Crippen LogP) is 3.10. The number of nitrogens with one attached hydrogen (secondary N) is 2. The Bertz CT molecular complexity index is 1280. The number of benzene rings is 1. The van der Waals surface area contributed by atoms with Crippen LogP contribution in [0.2, 0.25) is 0 Å². The van der Waals surface area contributed by atoms with Gasteiger partial charge in [0.2, 0.25) is 0 Å². The van der Waals surface area contributed by atoms with Crippen molar-refractivity contribution in [2.75, 3.05) is 11.9 Å². The number of hydrogen-bond acceptors (Lipinski definition) is 7. The normalized spacial score (nSPS) is 22.2. The van der Waals surface area contributed by atoms with E-state index in [1.807, 2.05) is 7.05 Å². The number of H-pyrrole nitrogens is 1. The third-order valence-corrected chi connectivity index (χ3v) is 7.29. The van der Waals surface area contributed by atoms with Gasteiger partial charge >= 0.3 is 0 Å². The third kappa shape index (κ3) is 3.47. The predicted molar refractivity (Wildman–Crippen MR) is 128 cm³/mol. The standard InChI is InChI=1S/C24H29N9/c1-4-19-23-17(21-13-25-33(3)31-21)7-8-18(24(23)30-27-19)20-9-10-22(29-28-20)32(2)16-11-14-5-6-15(12-16)26-14/h7-10,13-16,26H,4-6,11-12H2,1-3H3,(H,27,30)/t14-,15+,16?. The van der Waals surface area contributed by atoms with E-state index in [0.29, 0.717) is 18.1 Å². The van der Waals surface area contributed by atoms with Crippen LogP contribution in [0, 0.1) is 0 Å². The molecule has 33 heavy (non-hydrogen) atoms. The molecule has 2 aliphatic heterocycles. The molecule has 2 aliphatic rings. The van der Waals surface area contributed by atoms with Gasteiger partial charge in [-0.2, -0.15) is 20.1 Å². The molecule has 0 aliphatic carbocycles. The lowest BCUT2D eigenvalue weighted by molar-refractivity contribution is 0.353. The summed E-state index contributed by atoms with van der Waals surface area (Å²) in [5.74, 6) is 0.927. The first-order valence-corrected chi connectivity index (χ1v) is 11.8. The summed E-state index contributed by atoms with van der Waals surface area (Å²) in [4.78, 5) is 3.89. The molecule has 3 atom stereocenters. The van der Waals surface area contributed by atoms with Crippen LogP contribution in [-0.4, -0.2) is 60.6 Å². The van der Waals surface area contributed by atoms with E-state index in [1.54, 1.807) is 11.0 Å². The number of aromatic nitrogens is 7. The lowest BCUT2D eigenvalue weighted by Gasteiger charge is -2.36. The fraction of sp³-hybridized carbons (Fsp3) is 0.458. The highest BCUT2D eigenvalue weighted by molar-refractivity contribution is 6.03. The van der Waals surface area contributed by atoms with E-state index >= 15 is 0 Å². The van der Waals surface area contributed by atoms with Gasteiger partial charge in [0.25, 0.3) is 0 Å². The largest absolute Gasteiger partial charge is 0.355 e. The summed E-state index contributed by atoms with van der Waals surface area (Å²) in [5.41, 5.74) is 5.66. The van der Waals surface area contributed by atoms with Crippen LogP contribution in [0.3, 0.4) is 0 Å². The van der Waals surface area contributed by atoms with Crippen LogP contribution in [0.15, 0.2) is 30.5 Å². The monoisotopic (exact) mass is 443 g/mol. The SMILES string of the molecule is CCc1n[nH]c2c(-c3ccc(N(C)C4C[C@H]5CC[C@@H](C4)N5)nn3)ccc(-c3cnn(C)n3)c12. The minimum absolute atomic E-state index is 0.515. The molecule has 6 rings (SSSR count). The van der Waals surface area contributed by atoms with Crippen molar-refractivity contribution in [1.82, 2.24) is 40.7 Å². The number of piperidine rings is 1. The maximum Gasteiger partial charge on any atom is 0.151 e. The Hall–Kier alpha value is -3.33. The van der Waals surface area contributed by atoms with E-state index in [4.69, 9.17) is 0 Å². The first-order valence-electron chi connectivity index (χ1n) is 11.8. The van der Waals surface area contributed by atoms with Crippen LogP contribution < -0.4 is 10.2 Å². The maximum absolute atomic E-state index is 4.62. The fourth-order valence-corrected chi connectivity index (χ4v) is 5.54. The highest BCUT2D eigenvalue weighted by Crippen LogP contribution is 2.36. The third-order valence-electron chi connectivity index (χ3n) is 7.29. The van der Waals surface area contributed by atoms with Gasteiger partial charge in [-0.25, -0.2) is 0 Å². The van der Waals surface area contributed by atoms with Gasteiger partial charge in [-0.1, -0.05) is 13.0 Å². The molecule has 9 heteroatoms. The van der Waals surface area contributed by atoms with Crippen LogP contribution in [0.25, 0.3) is 33.4 Å². The molecule has 0 radical (unpaired) electrons. The molecule has 2 fully saturated rings. The Morgan fingerprint density at radius 3 is 2.48 bits per heavy atom. The lowest BCUT2D eigenvalue weighted by Crippen LogP contribution is -2.47. The molecule has 0 spiro atoms. The molecule has 9 nitrogen and oxygen atoms in total. The van der Waals surface area contributed by atoms with Crippen LogP contribution in [0.5, 0.6) is 0 Å². The number of aromatic amines is 1. The van der Waals surface area contributed by atoms with Crippen molar-refractivity contribution in [2.24, 2.45) is 7.05 Å². The van der Waals surface area contributed by atoms with E-state index in [2.05, 4.69) is 79.0 Å². The van der Waals surface area contributed by atoms with Gasteiger partial charge in [-0.05, 0) is 50.3 Å². The van der Waals surface area contributed by atoms with Crippen LogP contribution in [0.4, 0.5) is 5.82 Å². The number of anilines is 1. The van der Waals surface area contributed by atoms with Crippen LogP contribution in [-0.2, 0) is 13.5 Å². The van der Waals surface area contributed by atoms with Crippen LogP contribution >= 0.6 is 0 Å². The summed E-state index contributed by atoms with van der Waals surface area (Å²) in [6.07, 6.45) is 7.56. The Labute approximate surface area is 192 Å². The Balaban J connectivity index is 1.34. The van der Waals surface area contributed by atoms with Crippen molar-refractivity contribution in [3.05, 3.63) is 36.2 Å². The quantitative estimate of drug-likeness (QED) is 0.489. The maximum atomic E-state index is 4.62. The van der Waals surface area contributed by atoms with Gasteiger partial charge in [0.05, 0.1) is 23.1 Å². The Morgan fingerprint density at radius 2 is 1.82 bits per heavy atom. The molecule has 3 aromatic heterocycles. The molecule has 170 valence electrons. The second-order valence-corrected chi connectivity index (χ2v) is 9.30. The van der Waals surface area contributed by atoms with Crippen molar-refractivity contribution in [1.29, 1.82) is 0 Å². The molecule has 5 heterocycles. The van der Waals surface area contributed by atoms with E-state index in [1.165, 1.54) is 25.7 Å². The van der Waals surface area contributed by atoms with E-state index < -0.39 is 0 Å². The highest BCUT2D eigenvalue weighted by Gasteiger charge is 2.35. The van der Waals surface area contributed by atoms with Gasteiger partial charge < -0.3 is 10.2 Å². The second kappa shape index (κ2) is 7.91. The second-order valence-electron chi connectivity index (χ2n) is 9.30. The topological polar surface area (TPSA) is 100 Å². The zero-order chi connectivity index (χ0) is 22.5. The van der Waals surface area contributed by atoms with Crippen LogP contribution in [0.1, 0.15) is 38.3 Å². The summed E-state index contributed by atoms with van der Waals surface area (Å²) in [7, 11) is 3.98. The van der Waals surface area contributed by atoms with E-state index in [9.17, 15) is 0 Å². The van der Waals surface area contributed by atoms with Gasteiger partial charge in [0.15, 0.2) is 5.82 Å². The van der Waals surface area contributed by atoms with Gasteiger partial charge in [-0.3, -0.25) is 5.10 Å². The Kier molecular flexibility index (Phi) is 4.86. The molecule has 2 bridgehead atoms. The van der Waals surface area contributed by atoms with E-state index in [0.717, 1.165) is 51.4 Å². The Morgan fingerprint density at radius 1 is 1.03 bits per heavy atom. The minimum Gasteiger partial charge on any atom is -0.355 e. The molecular weight excluding hydrogens is 414 g/mol. The van der Waals surface area contributed by atoms with Crippen molar-refractivity contribution >= 4 is 16.7 Å². The zero-order valence-corrected chi connectivity index (χ0v) is 19.3. The summed E-state index contributed by atoms with van der Waals surface area (Å²) in [6.45, 7) is 2.11. The summed E-state index contributed by atoms with van der Waals surface area (Å²) < 4.78 is 0. The summed E-state index contributed by atoms with van der Waals surface area (Å²) in [6, 6.07) is 10.1. The number of rotatable bonds is 5. The smallest absolute Gasteiger partial charge is 0.151 e. The van der Waals surface area contributed by atoms with Gasteiger partial charge in [0.1, 0.15) is 5.69 Å². The number of aryl methyl sites for hydroxylation is 2. The van der Waals surface area contributed by atoms with Gasteiger partial charge in [0, 0.05) is 48.7 Å². The lowest BCUT2D eigenvalue weighted by atomic mass is 9.98. The average molecular weight is 444 g/mol. The average Bonchev–Trinajstić information content (AvgIpc) is 3.56. The molecule has 0 amide bonds. The summed E-state index contributed by atoms with van der Waals surface area (Å²) in [5, 5.41) is 30.6. The van der Waals surface area contributed by atoms with Crippen molar-refractivity contribution in [3.8, 4) is 22.5 Å². The highest BCUT2D eigenvalue weighted by atomic mass is 15.4. The molecule has 0 saturated carbocycles. The van der Waals surface area contributed by atoms with Crippen molar-refractivity contribution in [2.45, 2.75) is 57.2 Å². The molecule has 4 aromatic rings. The van der Waals surface area contributed by atoms with Crippen molar-refractivity contribution < 1.29 is 0 Å². The first kappa shape index (κ1) is 20.3. The number of hydrogen-bond donors (Lipinski definition) is 2. The molecule has 2 saturated heterocycles. The van der Waals surface area contributed by atoms with Gasteiger partial charge in [-0.15, -0.1) is 10.2 Å². The molecule has 1 unspecified atom stereocenters. The molecule has 2 N–H and O–H groups in total. The number of fused-ring (bicyclic) bond motifs is 3. The van der Waals surface area contributed by atoms with E-state index in [-0.39, 0.29) is 0 Å². The minimum atomic E-state index is 0.515. The van der Waals surface area contributed by atoms with Crippen molar-refractivity contribution in [3.63, 3.8) is 0 Å². The zero-order valence-electron chi connectivity index (χ0n) is 19.3.